The van der Waals surface area contributed by atoms with E-state index in [-0.39, 0.29) is 22.4 Å². The van der Waals surface area contributed by atoms with Gasteiger partial charge in [0.1, 0.15) is 11.1 Å². The smallest absolute Gasteiger partial charge is 0.417 e. The molecule has 0 aliphatic carbocycles. The number of thioether (sulfide) groups is 1. The van der Waals surface area contributed by atoms with E-state index in [1.807, 2.05) is 12.1 Å². The topological polar surface area (TPSA) is 75.5 Å². The molecule has 0 unspecified atom stereocenters. The van der Waals surface area contributed by atoms with Gasteiger partial charge in [0.15, 0.2) is 11.5 Å². The summed E-state index contributed by atoms with van der Waals surface area (Å²) in [5.41, 5.74) is 0.514. The third kappa shape index (κ3) is 4.88. The Bertz CT molecular complexity index is 1050. The van der Waals surface area contributed by atoms with Crippen molar-refractivity contribution in [2.75, 3.05) is 26.5 Å². The van der Waals surface area contributed by atoms with E-state index in [2.05, 4.69) is 4.98 Å². The summed E-state index contributed by atoms with van der Waals surface area (Å²) in [5.74, 6) is 0.815. The molecule has 10 heteroatoms. The average Bonchev–Trinajstić information content (AvgIpc) is 2.74. The Morgan fingerprint density at radius 2 is 1.87 bits per heavy atom. The van der Waals surface area contributed by atoms with Gasteiger partial charge in [-0.25, -0.2) is 4.98 Å². The molecule has 1 amide bonds. The summed E-state index contributed by atoms with van der Waals surface area (Å²) in [4.78, 5) is 18.4. The van der Waals surface area contributed by atoms with Crippen LogP contribution >= 0.6 is 11.8 Å². The molecule has 2 aromatic rings. The van der Waals surface area contributed by atoms with Gasteiger partial charge in [0.25, 0.3) is 0 Å². The van der Waals surface area contributed by atoms with Crippen molar-refractivity contribution in [2.24, 2.45) is 0 Å². The number of pyridine rings is 1. The van der Waals surface area contributed by atoms with E-state index < -0.39 is 17.3 Å². The van der Waals surface area contributed by atoms with Crippen molar-refractivity contribution in [1.82, 2.24) is 9.88 Å². The second kappa shape index (κ2) is 9.06. The number of amides is 1. The van der Waals surface area contributed by atoms with Crippen molar-refractivity contribution >= 4 is 17.7 Å². The highest BCUT2D eigenvalue weighted by Gasteiger charge is 2.36. The predicted molar refractivity (Wildman–Crippen MR) is 108 cm³/mol. The molecule has 1 aromatic heterocycles. The van der Waals surface area contributed by atoms with Crippen molar-refractivity contribution in [3.8, 4) is 17.6 Å². The zero-order chi connectivity index (χ0) is 22.8. The van der Waals surface area contributed by atoms with Gasteiger partial charge < -0.3 is 14.4 Å². The molecule has 3 rings (SSSR count). The molecule has 0 fully saturated rings. The first-order valence-corrected chi connectivity index (χ1v) is 10.3. The van der Waals surface area contributed by atoms with Crippen LogP contribution in [0.2, 0.25) is 0 Å². The van der Waals surface area contributed by atoms with E-state index in [0.29, 0.717) is 31.0 Å². The molecule has 0 N–H and O–H groups in total. The van der Waals surface area contributed by atoms with Crippen LogP contribution in [0.4, 0.5) is 13.2 Å². The number of aromatic nitrogens is 1. The van der Waals surface area contributed by atoms with Crippen LogP contribution in [0.5, 0.6) is 11.5 Å². The maximum absolute atomic E-state index is 13.3. The van der Waals surface area contributed by atoms with E-state index in [1.54, 1.807) is 18.1 Å². The van der Waals surface area contributed by atoms with E-state index in [4.69, 9.17) is 9.47 Å². The molecule has 0 atom stereocenters. The lowest BCUT2D eigenvalue weighted by Crippen LogP contribution is -2.37. The molecule has 0 bridgehead atoms. The van der Waals surface area contributed by atoms with E-state index in [9.17, 15) is 23.2 Å². The molecular weight excluding hydrogens is 431 g/mol. The lowest BCUT2D eigenvalue weighted by molar-refractivity contribution is -0.138. The lowest BCUT2D eigenvalue weighted by atomic mass is 9.99. The normalized spacial score (nSPS) is 13.4. The number of aryl methyl sites for hydroxylation is 1. The largest absolute Gasteiger partial charge is 0.493 e. The highest BCUT2D eigenvalue weighted by molar-refractivity contribution is 8.00. The number of methoxy groups -OCH3 is 2. The first-order chi connectivity index (χ1) is 14.7. The molecule has 1 aliphatic rings. The van der Waals surface area contributed by atoms with Gasteiger partial charge in [-0.3, -0.25) is 4.79 Å². The maximum atomic E-state index is 13.3. The van der Waals surface area contributed by atoms with Gasteiger partial charge in [-0.2, -0.15) is 18.4 Å². The fourth-order valence-corrected chi connectivity index (χ4v) is 4.35. The molecule has 0 saturated heterocycles. The van der Waals surface area contributed by atoms with Gasteiger partial charge in [-0.1, -0.05) is 11.8 Å². The second-order valence-electron chi connectivity index (χ2n) is 6.93. The Morgan fingerprint density at radius 3 is 2.45 bits per heavy atom. The quantitative estimate of drug-likeness (QED) is 0.641. The van der Waals surface area contributed by atoms with Crippen molar-refractivity contribution in [1.29, 1.82) is 5.26 Å². The summed E-state index contributed by atoms with van der Waals surface area (Å²) in [6.45, 7) is 2.25. The summed E-state index contributed by atoms with van der Waals surface area (Å²) < 4.78 is 50.4. The molecule has 0 saturated carbocycles. The van der Waals surface area contributed by atoms with Crippen LogP contribution in [-0.4, -0.2) is 42.3 Å². The van der Waals surface area contributed by atoms with E-state index >= 15 is 0 Å². The van der Waals surface area contributed by atoms with Gasteiger partial charge in [0.2, 0.25) is 5.91 Å². The zero-order valence-electron chi connectivity index (χ0n) is 17.2. The fraction of sp³-hybridized carbons (Fsp3) is 0.381. The summed E-state index contributed by atoms with van der Waals surface area (Å²) in [5, 5.41) is 9.16. The number of halogens is 3. The van der Waals surface area contributed by atoms with Crippen LogP contribution in [-0.2, 0) is 23.9 Å². The molecule has 2 heterocycles. The molecule has 31 heavy (non-hydrogen) atoms. The standard InChI is InChI=1S/C21H20F3N3O3S/c1-12-6-16(21(22,23)24)15(9-25)20(26-12)31-11-19(28)27-5-4-13-7-17(29-2)18(30-3)8-14(13)10-27/h6-8H,4-5,10-11H2,1-3H3. The minimum absolute atomic E-state index is 0.0907. The SMILES string of the molecule is COc1cc2c(cc1OC)CN(C(=O)CSc1nc(C)cc(C(F)(F)F)c1C#N)CC2. The van der Waals surface area contributed by atoms with Crippen molar-refractivity contribution in [3.05, 3.63) is 46.1 Å². The van der Waals surface area contributed by atoms with Crippen molar-refractivity contribution < 1.29 is 27.4 Å². The number of rotatable bonds is 5. The van der Waals surface area contributed by atoms with Gasteiger partial charge in [-0.05, 0) is 42.7 Å². The molecule has 0 radical (unpaired) electrons. The minimum atomic E-state index is -4.67. The number of carbonyl (C=O) groups is 1. The molecule has 0 spiro atoms. The van der Waals surface area contributed by atoms with Crippen molar-refractivity contribution in [3.63, 3.8) is 0 Å². The predicted octanol–water partition coefficient (Wildman–Crippen LogP) is 3.97. The second-order valence-corrected chi connectivity index (χ2v) is 7.89. The van der Waals surface area contributed by atoms with Crippen molar-refractivity contribution in [2.45, 2.75) is 31.1 Å². The van der Waals surface area contributed by atoms with Crippen LogP contribution in [0, 0.1) is 18.3 Å². The van der Waals surface area contributed by atoms with Gasteiger partial charge in [0.05, 0.1) is 31.1 Å². The maximum Gasteiger partial charge on any atom is 0.417 e. The van der Waals surface area contributed by atoms with Gasteiger partial charge in [-0.15, -0.1) is 0 Å². The first kappa shape index (κ1) is 22.7. The first-order valence-electron chi connectivity index (χ1n) is 9.31. The summed E-state index contributed by atoms with van der Waals surface area (Å²) in [7, 11) is 3.09. The van der Waals surface area contributed by atoms with Crippen LogP contribution in [0.3, 0.4) is 0 Å². The van der Waals surface area contributed by atoms with Gasteiger partial charge >= 0.3 is 6.18 Å². The number of hydrogen-bond acceptors (Lipinski definition) is 6. The number of nitriles is 1. The van der Waals surface area contributed by atoms with E-state index in [0.717, 1.165) is 29.0 Å². The molecule has 6 nitrogen and oxygen atoms in total. The Kier molecular flexibility index (Phi) is 6.65. The summed E-state index contributed by atoms with van der Waals surface area (Å²) >= 11 is 0.843. The van der Waals surface area contributed by atoms with Gasteiger partial charge in [0, 0.05) is 18.8 Å². The molecule has 1 aliphatic heterocycles. The average molecular weight is 451 g/mol. The Balaban J connectivity index is 1.76. The molecular formula is C21H20F3N3O3S. The number of alkyl halides is 3. The summed E-state index contributed by atoms with van der Waals surface area (Å²) in [6.07, 6.45) is -4.05. The van der Waals surface area contributed by atoms with Crippen LogP contribution in [0.15, 0.2) is 23.2 Å². The number of hydrogen-bond donors (Lipinski definition) is 0. The molecule has 164 valence electrons. The third-order valence-electron chi connectivity index (χ3n) is 4.93. The van der Waals surface area contributed by atoms with Crippen LogP contribution in [0.1, 0.15) is 27.9 Å². The fourth-order valence-electron chi connectivity index (χ4n) is 3.40. The number of ether oxygens (including phenoxy) is 2. The number of carbonyl (C=O) groups excluding carboxylic acids is 1. The van der Waals surface area contributed by atoms with Crippen LogP contribution < -0.4 is 9.47 Å². The number of benzene rings is 1. The Morgan fingerprint density at radius 1 is 1.23 bits per heavy atom. The highest BCUT2D eigenvalue weighted by Crippen LogP contribution is 2.36. The number of fused-ring (bicyclic) bond motifs is 1. The minimum Gasteiger partial charge on any atom is -0.493 e. The summed E-state index contributed by atoms with van der Waals surface area (Å²) in [6, 6.07) is 6.14. The molecule has 1 aromatic carbocycles. The zero-order valence-corrected chi connectivity index (χ0v) is 18.0. The highest BCUT2D eigenvalue weighted by atomic mass is 32.2. The Labute approximate surface area is 182 Å². The van der Waals surface area contributed by atoms with Crippen LogP contribution in [0.25, 0.3) is 0 Å². The Hall–Kier alpha value is -2.93. The lowest BCUT2D eigenvalue weighted by Gasteiger charge is -2.29. The van der Waals surface area contributed by atoms with E-state index in [1.165, 1.54) is 14.0 Å². The third-order valence-corrected chi connectivity index (χ3v) is 5.89. The monoisotopic (exact) mass is 451 g/mol. The number of nitrogens with zero attached hydrogens (tertiary/aromatic N) is 3.